The van der Waals surface area contributed by atoms with Gasteiger partial charge < -0.3 is 14.2 Å². The van der Waals surface area contributed by atoms with Crippen molar-refractivity contribution in [3.63, 3.8) is 0 Å². The average molecular weight is 478 g/mol. The van der Waals surface area contributed by atoms with Gasteiger partial charge in [-0.05, 0) is 35.9 Å². The topological polar surface area (TPSA) is 111 Å². The lowest BCUT2D eigenvalue weighted by Crippen LogP contribution is -2.15. The van der Waals surface area contributed by atoms with Gasteiger partial charge in [0.15, 0.2) is 17.6 Å². The van der Waals surface area contributed by atoms with E-state index in [0.717, 1.165) is 11.1 Å². The Morgan fingerprint density at radius 3 is 2.53 bits per heavy atom. The maximum Gasteiger partial charge on any atom is 0.233 e. The van der Waals surface area contributed by atoms with Crippen molar-refractivity contribution >= 4 is 16.9 Å². The SMILES string of the molecule is CC.N#Cc1ccc(Oc2cccc3c2OCC3Oc2ccc(C3CC(=O)NS3=O)cc2)cn1. The van der Waals surface area contributed by atoms with Crippen molar-refractivity contribution in [1.82, 2.24) is 9.71 Å². The molecule has 8 nitrogen and oxygen atoms in total. The summed E-state index contributed by atoms with van der Waals surface area (Å²) in [6, 6.07) is 18.1. The van der Waals surface area contributed by atoms with Crippen LogP contribution < -0.4 is 18.9 Å². The van der Waals surface area contributed by atoms with Crippen LogP contribution in [-0.2, 0) is 15.8 Å². The van der Waals surface area contributed by atoms with Crippen LogP contribution in [0.15, 0.2) is 60.8 Å². The highest BCUT2D eigenvalue weighted by Gasteiger charge is 2.31. The minimum atomic E-state index is -1.40. The molecule has 2 aliphatic heterocycles. The fourth-order valence-corrected chi connectivity index (χ4v) is 4.79. The van der Waals surface area contributed by atoms with Crippen molar-refractivity contribution in [2.75, 3.05) is 6.61 Å². The molecular formula is C25H23N3O5S. The first-order chi connectivity index (χ1) is 16.6. The molecule has 1 amide bonds. The molecule has 9 heteroatoms. The molecule has 0 aliphatic carbocycles. The molecule has 3 unspecified atom stereocenters. The molecule has 2 aliphatic rings. The molecule has 1 N–H and O–H groups in total. The van der Waals surface area contributed by atoms with Gasteiger partial charge in [-0.1, -0.05) is 38.1 Å². The van der Waals surface area contributed by atoms with Crippen LogP contribution >= 0.6 is 0 Å². The molecule has 1 saturated heterocycles. The molecule has 34 heavy (non-hydrogen) atoms. The summed E-state index contributed by atoms with van der Waals surface area (Å²) in [5, 5.41) is 8.53. The highest BCUT2D eigenvalue weighted by Crippen LogP contribution is 2.43. The number of ether oxygens (including phenoxy) is 3. The van der Waals surface area contributed by atoms with E-state index in [1.807, 2.05) is 44.2 Å². The Labute approximate surface area is 200 Å². The standard InChI is InChI=1S/C23H17N3O5S.C2H6/c24-11-15-6-9-17(12-25-15)31-19-3-1-2-18-20(13-29-23(18)19)30-16-7-4-14(5-8-16)21-10-22(27)26-32(21)28;1-2/h1-9,12,20-21H,10,13H2,(H,26,27);1-2H3. The van der Waals surface area contributed by atoms with Crippen molar-refractivity contribution < 1.29 is 23.2 Å². The third-order valence-corrected chi connectivity index (χ3v) is 6.57. The van der Waals surface area contributed by atoms with Crippen molar-refractivity contribution in [2.45, 2.75) is 31.6 Å². The van der Waals surface area contributed by atoms with Crippen LogP contribution in [0.2, 0.25) is 0 Å². The number of amides is 1. The summed E-state index contributed by atoms with van der Waals surface area (Å²) < 4.78 is 32.3. The first kappa shape index (κ1) is 23.3. The Balaban J connectivity index is 0.00000133. The molecule has 0 radical (unpaired) electrons. The van der Waals surface area contributed by atoms with Gasteiger partial charge in [0.2, 0.25) is 5.91 Å². The molecular weight excluding hydrogens is 454 g/mol. The molecule has 3 heterocycles. The van der Waals surface area contributed by atoms with Gasteiger partial charge in [-0.25, -0.2) is 9.19 Å². The second-order valence-corrected chi connectivity index (χ2v) is 8.64. The van der Waals surface area contributed by atoms with Crippen molar-refractivity contribution in [2.24, 2.45) is 0 Å². The second kappa shape index (κ2) is 10.4. The largest absolute Gasteiger partial charge is 0.485 e. The quantitative estimate of drug-likeness (QED) is 0.576. The lowest BCUT2D eigenvalue weighted by molar-refractivity contribution is -0.118. The Morgan fingerprint density at radius 1 is 1.12 bits per heavy atom. The zero-order chi connectivity index (χ0) is 24.1. The highest BCUT2D eigenvalue weighted by molar-refractivity contribution is 7.84. The van der Waals surface area contributed by atoms with Crippen LogP contribution in [0.5, 0.6) is 23.0 Å². The number of hydrogen-bond donors (Lipinski definition) is 1. The third-order valence-electron chi connectivity index (χ3n) is 5.19. The van der Waals surface area contributed by atoms with E-state index in [1.165, 1.54) is 6.20 Å². The van der Waals surface area contributed by atoms with Crippen molar-refractivity contribution in [3.05, 3.63) is 77.6 Å². The zero-order valence-electron chi connectivity index (χ0n) is 18.7. The minimum Gasteiger partial charge on any atom is -0.485 e. The maximum absolute atomic E-state index is 12.0. The van der Waals surface area contributed by atoms with E-state index in [2.05, 4.69) is 9.71 Å². The van der Waals surface area contributed by atoms with Gasteiger partial charge in [-0.3, -0.25) is 9.52 Å². The number of hydrogen-bond acceptors (Lipinski definition) is 7. The molecule has 1 fully saturated rings. The minimum absolute atomic E-state index is 0.205. The molecule has 3 aromatic rings. The summed E-state index contributed by atoms with van der Waals surface area (Å²) in [6.45, 7) is 4.33. The fraction of sp³-hybridized carbons (Fsp3) is 0.240. The number of rotatable bonds is 5. The number of nitrogens with zero attached hydrogens (tertiary/aromatic N) is 2. The van der Waals surface area contributed by atoms with Gasteiger partial charge in [0.25, 0.3) is 0 Å². The predicted molar refractivity (Wildman–Crippen MR) is 126 cm³/mol. The zero-order valence-corrected chi connectivity index (χ0v) is 19.5. The van der Waals surface area contributed by atoms with Gasteiger partial charge in [-0.15, -0.1) is 0 Å². The van der Waals surface area contributed by atoms with Gasteiger partial charge in [0.05, 0.1) is 11.4 Å². The molecule has 2 aromatic carbocycles. The second-order valence-electron chi connectivity index (χ2n) is 7.27. The summed E-state index contributed by atoms with van der Waals surface area (Å²) in [6.07, 6.45) is 1.39. The van der Waals surface area contributed by atoms with Crippen LogP contribution in [0.25, 0.3) is 0 Å². The fourth-order valence-electron chi connectivity index (χ4n) is 3.64. The van der Waals surface area contributed by atoms with E-state index in [0.29, 0.717) is 35.3 Å². The van der Waals surface area contributed by atoms with Crippen LogP contribution in [0.1, 0.15) is 48.4 Å². The predicted octanol–water partition coefficient (Wildman–Crippen LogP) is 4.51. The van der Waals surface area contributed by atoms with Gasteiger partial charge in [0.1, 0.15) is 40.9 Å². The smallest absolute Gasteiger partial charge is 0.233 e. The van der Waals surface area contributed by atoms with Gasteiger partial charge in [0, 0.05) is 12.0 Å². The number of para-hydroxylation sites is 1. The Bertz CT molecular complexity index is 1240. The molecule has 1 aromatic heterocycles. The molecule has 0 spiro atoms. The number of nitrogens with one attached hydrogen (secondary N) is 1. The Kier molecular flexibility index (Phi) is 7.09. The highest BCUT2D eigenvalue weighted by atomic mass is 32.2. The Morgan fingerprint density at radius 2 is 1.88 bits per heavy atom. The van der Waals surface area contributed by atoms with Crippen LogP contribution in [0, 0.1) is 11.3 Å². The first-order valence-corrected chi connectivity index (χ1v) is 12.1. The van der Waals surface area contributed by atoms with Crippen molar-refractivity contribution in [1.29, 1.82) is 5.26 Å². The number of nitriles is 1. The van der Waals surface area contributed by atoms with Crippen molar-refractivity contribution in [3.8, 4) is 29.1 Å². The number of fused-ring (bicyclic) bond motifs is 1. The number of aromatic nitrogens is 1. The van der Waals surface area contributed by atoms with E-state index < -0.39 is 11.0 Å². The summed E-state index contributed by atoms with van der Waals surface area (Å²) in [4.78, 5) is 15.5. The normalized spacial score (nSPS) is 20.1. The first-order valence-electron chi connectivity index (χ1n) is 10.9. The molecule has 5 rings (SSSR count). The molecule has 174 valence electrons. The maximum atomic E-state index is 12.0. The van der Waals surface area contributed by atoms with Crippen LogP contribution in [-0.4, -0.2) is 21.7 Å². The Hall–Kier alpha value is -3.90. The molecule has 0 bridgehead atoms. The van der Waals surface area contributed by atoms with E-state index >= 15 is 0 Å². The van der Waals surface area contributed by atoms with Crippen LogP contribution in [0.4, 0.5) is 0 Å². The van der Waals surface area contributed by atoms with Crippen LogP contribution in [0.3, 0.4) is 0 Å². The third kappa shape index (κ3) is 4.87. The van der Waals surface area contributed by atoms with E-state index in [4.69, 9.17) is 19.5 Å². The van der Waals surface area contributed by atoms with Gasteiger partial charge in [-0.2, -0.15) is 5.26 Å². The summed E-state index contributed by atoms with van der Waals surface area (Å²) >= 11 is 0. The van der Waals surface area contributed by atoms with E-state index in [1.54, 1.807) is 30.3 Å². The monoisotopic (exact) mass is 477 g/mol. The number of carbonyl (C=O) groups is 1. The summed E-state index contributed by atoms with van der Waals surface area (Å²) in [5.74, 6) is 2.07. The molecule has 0 saturated carbocycles. The van der Waals surface area contributed by atoms with Gasteiger partial charge >= 0.3 is 0 Å². The summed E-state index contributed by atoms with van der Waals surface area (Å²) in [7, 11) is -1.40. The summed E-state index contributed by atoms with van der Waals surface area (Å²) in [5.41, 5.74) is 2.00. The molecule has 3 atom stereocenters. The lowest BCUT2D eigenvalue weighted by Gasteiger charge is -2.14. The average Bonchev–Trinajstić information content (AvgIpc) is 3.44. The number of pyridine rings is 1. The van der Waals surface area contributed by atoms with E-state index in [-0.39, 0.29) is 23.7 Å². The number of benzene rings is 2. The lowest BCUT2D eigenvalue weighted by atomic mass is 10.1. The number of carbonyl (C=O) groups excluding carboxylic acids is 1. The van der Waals surface area contributed by atoms with E-state index in [9.17, 15) is 9.00 Å².